The highest BCUT2D eigenvalue weighted by atomic mass is 79.9. The van der Waals surface area contributed by atoms with Gasteiger partial charge >= 0.3 is 0 Å². The van der Waals surface area contributed by atoms with Gasteiger partial charge in [-0.15, -0.1) is 0 Å². The van der Waals surface area contributed by atoms with E-state index >= 15 is 0 Å². The summed E-state index contributed by atoms with van der Waals surface area (Å²) >= 11 is 9.17. The number of fused-ring (bicyclic) bond motifs is 1. The first-order valence-corrected chi connectivity index (χ1v) is 4.09. The SMILES string of the molecule is Clc1c(Br)cnc2nc[nH]c12. The topological polar surface area (TPSA) is 41.6 Å². The number of rotatable bonds is 0. The van der Waals surface area contributed by atoms with E-state index in [1.807, 2.05) is 0 Å². The molecule has 0 spiro atoms. The number of H-pyrrole nitrogens is 1. The van der Waals surface area contributed by atoms with E-state index in [-0.39, 0.29) is 0 Å². The van der Waals surface area contributed by atoms with E-state index in [1.165, 1.54) is 0 Å². The standard InChI is InChI=1S/C6H3BrClN3/c7-3-1-9-6-5(4(3)8)10-2-11-6/h1-2H,(H,9,10,11). The van der Waals surface area contributed by atoms with Gasteiger partial charge < -0.3 is 4.98 Å². The Balaban J connectivity index is 2.93. The summed E-state index contributed by atoms with van der Waals surface area (Å²) < 4.78 is 0.774. The Morgan fingerprint density at radius 1 is 1.45 bits per heavy atom. The molecule has 2 heterocycles. The van der Waals surface area contributed by atoms with E-state index in [1.54, 1.807) is 12.5 Å². The molecule has 0 aliphatic heterocycles. The van der Waals surface area contributed by atoms with E-state index in [0.717, 1.165) is 9.99 Å². The summed E-state index contributed by atoms with van der Waals surface area (Å²) in [5.41, 5.74) is 1.40. The van der Waals surface area contributed by atoms with E-state index in [2.05, 4.69) is 30.9 Å². The molecule has 0 aliphatic carbocycles. The highest BCUT2D eigenvalue weighted by molar-refractivity contribution is 9.10. The van der Waals surface area contributed by atoms with Crippen molar-refractivity contribution in [1.82, 2.24) is 15.0 Å². The number of halogens is 2. The zero-order valence-corrected chi connectivity index (χ0v) is 7.65. The molecule has 5 heteroatoms. The van der Waals surface area contributed by atoms with Gasteiger partial charge in [0.2, 0.25) is 0 Å². The van der Waals surface area contributed by atoms with Gasteiger partial charge in [0, 0.05) is 6.20 Å². The largest absolute Gasteiger partial charge is 0.342 e. The minimum Gasteiger partial charge on any atom is -0.342 e. The van der Waals surface area contributed by atoms with Crippen LogP contribution in [-0.4, -0.2) is 15.0 Å². The van der Waals surface area contributed by atoms with Crippen LogP contribution in [0.1, 0.15) is 0 Å². The second-order valence-corrected chi connectivity index (χ2v) is 3.25. The maximum atomic E-state index is 5.91. The van der Waals surface area contributed by atoms with E-state index < -0.39 is 0 Å². The summed E-state index contributed by atoms with van der Waals surface area (Å²) in [6, 6.07) is 0. The van der Waals surface area contributed by atoms with Crippen molar-refractivity contribution in [2.24, 2.45) is 0 Å². The molecule has 56 valence electrons. The van der Waals surface area contributed by atoms with Gasteiger partial charge in [0.15, 0.2) is 5.65 Å². The molecule has 0 saturated heterocycles. The van der Waals surface area contributed by atoms with Crippen LogP contribution in [0.2, 0.25) is 5.02 Å². The van der Waals surface area contributed by atoms with Crippen molar-refractivity contribution in [2.75, 3.05) is 0 Å². The normalized spacial score (nSPS) is 10.7. The van der Waals surface area contributed by atoms with Crippen LogP contribution in [-0.2, 0) is 0 Å². The Kier molecular flexibility index (Phi) is 1.58. The van der Waals surface area contributed by atoms with Crippen LogP contribution >= 0.6 is 27.5 Å². The predicted octanol–water partition coefficient (Wildman–Crippen LogP) is 2.37. The van der Waals surface area contributed by atoms with Gasteiger partial charge in [-0.2, -0.15) is 0 Å². The van der Waals surface area contributed by atoms with E-state index in [9.17, 15) is 0 Å². The van der Waals surface area contributed by atoms with Gasteiger partial charge in [0.25, 0.3) is 0 Å². The van der Waals surface area contributed by atoms with Crippen LogP contribution in [0.25, 0.3) is 11.2 Å². The maximum Gasteiger partial charge on any atom is 0.178 e. The van der Waals surface area contributed by atoms with Crippen molar-refractivity contribution in [1.29, 1.82) is 0 Å². The van der Waals surface area contributed by atoms with Crippen molar-refractivity contribution in [3.8, 4) is 0 Å². The first kappa shape index (κ1) is 7.06. The monoisotopic (exact) mass is 231 g/mol. The van der Waals surface area contributed by atoms with Crippen LogP contribution in [0.4, 0.5) is 0 Å². The van der Waals surface area contributed by atoms with Gasteiger partial charge in [0.05, 0.1) is 15.8 Å². The third kappa shape index (κ3) is 1.02. The molecule has 11 heavy (non-hydrogen) atoms. The number of imidazole rings is 1. The zero-order chi connectivity index (χ0) is 7.84. The van der Waals surface area contributed by atoms with Crippen molar-refractivity contribution in [3.05, 3.63) is 22.0 Å². The molecule has 0 aromatic carbocycles. The lowest BCUT2D eigenvalue weighted by Gasteiger charge is -1.93. The lowest BCUT2D eigenvalue weighted by molar-refractivity contribution is 1.30. The number of nitrogens with zero attached hydrogens (tertiary/aromatic N) is 2. The molecule has 0 amide bonds. The molecule has 0 bridgehead atoms. The van der Waals surface area contributed by atoms with Crippen LogP contribution in [0.3, 0.4) is 0 Å². The first-order valence-electron chi connectivity index (χ1n) is 2.92. The zero-order valence-electron chi connectivity index (χ0n) is 5.31. The minimum atomic E-state index is 0.618. The number of aromatic nitrogens is 3. The van der Waals surface area contributed by atoms with E-state index in [4.69, 9.17) is 11.6 Å². The lowest BCUT2D eigenvalue weighted by Crippen LogP contribution is -1.78. The summed E-state index contributed by atoms with van der Waals surface area (Å²) in [4.78, 5) is 10.9. The smallest absolute Gasteiger partial charge is 0.178 e. The molecule has 2 aromatic heterocycles. The fraction of sp³-hybridized carbons (Fsp3) is 0. The Labute approximate surface area is 75.9 Å². The number of hydrogen-bond donors (Lipinski definition) is 1. The Morgan fingerprint density at radius 2 is 2.27 bits per heavy atom. The average Bonchev–Trinajstić information content (AvgIpc) is 2.45. The van der Waals surface area contributed by atoms with Gasteiger partial charge in [-0.05, 0) is 15.9 Å². The van der Waals surface area contributed by atoms with Crippen molar-refractivity contribution >= 4 is 38.7 Å². The molecular formula is C6H3BrClN3. The Morgan fingerprint density at radius 3 is 3.09 bits per heavy atom. The first-order chi connectivity index (χ1) is 5.29. The molecule has 0 fully saturated rings. The molecular weight excluding hydrogens is 229 g/mol. The molecule has 0 unspecified atom stereocenters. The quantitative estimate of drug-likeness (QED) is 0.758. The molecule has 1 N–H and O–H groups in total. The van der Waals surface area contributed by atoms with Crippen molar-refractivity contribution in [2.45, 2.75) is 0 Å². The number of hydrogen-bond acceptors (Lipinski definition) is 2. The Hall–Kier alpha value is -0.610. The number of aromatic amines is 1. The number of pyridine rings is 1. The summed E-state index contributed by atoms with van der Waals surface area (Å²) in [6.07, 6.45) is 3.20. The molecule has 3 nitrogen and oxygen atoms in total. The second-order valence-electron chi connectivity index (χ2n) is 2.02. The third-order valence-corrected chi connectivity index (χ3v) is 2.57. The maximum absolute atomic E-state index is 5.91. The van der Waals surface area contributed by atoms with Gasteiger partial charge in [-0.25, -0.2) is 9.97 Å². The molecule has 0 aliphatic rings. The molecule has 0 atom stereocenters. The van der Waals surface area contributed by atoms with Gasteiger partial charge in [-0.1, -0.05) is 11.6 Å². The average molecular weight is 232 g/mol. The highest BCUT2D eigenvalue weighted by Crippen LogP contribution is 2.26. The fourth-order valence-electron chi connectivity index (χ4n) is 0.840. The fourth-order valence-corrected chi connectivity index (χ4v) is 1.33. The van der Waals surface area contributed by atoms with Gasteiger partial charge in [-0.3, -0.25) is 0 Å². The number of nitrogens with one attached hydrogen (secondary N) is 1. The summed E-state index contributed by atoms with van der Waals surface area (Å²) in [5, 5.41) is 0.618. The van der Waals surface area contributed by atoms with Crippen molar-refractivity contribution in [3.63, 3.8) is 0 Å². The summed E-state index contributed by atoms with van der Waals surface area (Å²) in [6.45, 7) is 0. The Bertz CT molecular complexity index is 398. The van der Waals surface area contributed by atoms with E-state index in [0.29, 0.717) is 10.7 Å². The van der Waals surface area contributed by atoms with Crippen LogP contribution < -0.4 is 0 Å². The second kappa shape index (κ2) is 2.46. The summed E-state index contributed by atoms with van der Waals surface area (Å²) in [7, 11) is 0. The molecule has 0 saturated carbocycles. The lowest BCUT2D eigenvalue weighted by atomic mass is 10.4. The van der Waals surface area contributed by atoms with Crippen LogP contribution in [0, 0.1) is 0 Å². The van der Waals surface area contributed by atoms with Crippen molar-refractivity contribution < 1.29 is 0 Å². The minimum absolute atomic E-state index is 0.618. The third-order valence-electron chi connectivity index (χ3n) is 1.35. The predicted molar refractivity (Wildman–Crippen MR) is 46.6 cm³/mol. The molecule has 2 rings (SSSR count). The molecule has 2 aromatic rings. The molecule has 0 radical (unpaired) electrons. The highest BCUT2D eigenvalue weighted by Gasteiger charge is 2.04. The van der Waals surface area contributed by atoms with Crippen LogP contribution in [0.5, 0.6) is 0 Å². The van der Waals surface area contributed by atoms with Crippen LogP contribution in [0.15, 0.2) is 17.0 Å². The van der Waals surface area contributed by atoms with Gasteiger partial charge in [0.1, 0.15) is 5.52 Å². The summed E-state index contributed by atoms with van der Waals surface area (Å²) in [5.74, 6) is 0.